The number of rotatable bonds is 4. The molecule has 2 atom stereocenters. The molecule has 0 aliphatic carbocycles. The highest BCUT2D eigenvalue weighted by molar-refractivity contribution is 6.31. The van der Waals surface area contributed by atoms with E-state index < -0.39 is 40.6 Å². The molecule has 1 fully saturated rings. The monoisotopic (exact) mass is 401 g/mol. The van der Waals surface area contributed by atoms with Gasteiger partial charge in [0.1, 0.15) is 11.9 Å². The molecule has 2 aromatic carbocycles. The summed E-state index contributed by atoms with van der Waals surface area (Å²) in [4.78, 5) is 13.1. The first kappa shape index (κ1) is 19.6. The van der Waals surface area contributed by atoms with E-state index in [0.717, 1.165) is 12.1 Å². The molecule has 3 nitrogen and oxygen atoms in total. The molecule has 1 aliphatic heterocycles. The van der Waals surface area contributed by atoms with Crippen molar-refractivity contribution in [3.05, 3.63) is 70.0 Å². The molecule has 0 bridgehead atoms. The molecule has 1 N–H and O–H groups in total. The largest absolute Gasteiger partial charge is 0.480 e. The van der Waals surface area contributed by atoms with Gasteiger partial charge in [0.15, 0.2) is 0 Å². The fourth-order valence-electron chi connectivity index (χ4n) is 3.54. The van der Waals surface area contributed by atoms with Gasteiger partial charge >= 0.3 is 12.1 Å². The number of carboxylic acids is 1. The van der Waals surface area contributed by atoms with Gasteiger partial charge in [-0.05, 0) is 36.6 Å². The number of carboxylic acid groups (broad SMARTS) is 1. The predicted octanol–water partition coefficient (Wildman–Crippen LogP) is 5.14. The van der Waals surface area contributed by atoms with Crippen LogP contribution >= 0.6 is 11.6 Å². The number of likely N-dealkylation sites (tertiary alicyclic amines) is 1. The molecule has 2 unspecified atom stereocenters. The van der Waals surface area contributed by atoms with Crippen LogP contribution in [-0.4, -0.2) is 28.6 Å². The van der Waals surface area contributed by atoms with E-state index >= 15 is 0 Å². The standard InChI is InChI=1S/C19H16ClF4NO2/c20-14-8-7-11(10-13(14)19(22,23)24)17(12-4-1-2-5-15(12)21)25-9-3-6-16(25)18(26)27/h1-2,4-5,7-8,10,16-17H,3,6,9H2,(H,26,27). The molecule has 1 heterocycles. The number of halogens is 5. The molecule has 0 aromatic heterocycles. The van der Waals surface area contributed by atoms with E-state index in [1.54, 1.807) is 6.07 Å². The van der Waals surface area contributed by atoms with E-state index in [9.17, 15) is 27.5 Å². The van der Waals surface area contributed by atoms with Crippen molar-refractivity contribution in [3.63, 3.8) is 0 Å². The lowest BCUT2D eigenvalue weighted by Gasteiger charge is -2.32. The van der Waals surface area contributed by atoms with Crippen LogP contribution in [0.25, 0.3) is 0 Å². The predicted molar refractivity (Wildman–Crippen MR) is 92.1 cm³/mol. The highest BCUT2D eigenvalue weighted by Gasteiger charge is 2.39. The van der Waals surface area contributed by atoms with E-state index in [2.05, 4.69) is 0 Å². The summed E-state index contributed by atoms with van der Waals surface area (Å²) in [7, 11) is 0. The van der Waals surface area contributed by atoms with Crippen LogP contribution < -0.4 is 0 Å². The van der Waals surface area contributed by atoms with E-state index in [1.165, 1.54) is 29.2 Å². The number of alkyl halides is 3. The van der Waals surface area contributed by atoms with Crippen molar-refractivity contribution in [2.45, 2.75) is 31.1 Å². The number of carbonyl (C=O) groups is 1. The van der Waals surface area contributed by atoms with Gasteiger partial charge in [0.05, 0.1) is 16.6 Å². The van der Waals surface area contributed by atoms with Crippen LogP contribution in [0, 0.1) is 5.82 Å². The summed E-state index contributed by atoms with van der Waals surface area (Å²) in [5.74, 6) is -1.69. The molecule has 0 spiro atoms. The van der Waals surface area contributed by atoms with Crippen LogP contribution in [0.3, 0.4) is 0 Å². The summed E-state index contributed by atoms with van der Waals surface area (Å²) in [5.41, 5.74) is -0.764. The quantitative estimate of drug-likeness (QED) is 0.721. The van der Waals surface area contributed by atoms with Gasteiger partial charge in [-0.3, -0.25) is 9.69 Å². The van der Waals surface area contributed by atoms with Crippen molar-refractivity contribution in [3.8, 4) is 0 Å². The highest BCUT2D eigenvalue weighted by atomic mass is 35.5. The number of hydrogen-bond acceptors (Lipinski definition) is 2. The van der Waals surface area contributed by atoms with Crippen LogP contribution in [0.15, 0.2) is 42.5 Å². The lowest BCUT2D eigenvalue weighted by Crippen LogP contribution is -2.39. The third kappa shape index (κ3) is 3.94. The summed E-state index contributed by atoms with van der Waals surface area (Å²) in [6, 6.07) is 7.19. The van der Waals surface area contributed by atoms with Gasteiger partial charge in [-0.15, -0.1) is 0 Å². The molecule has 0 saturated carbocycles. The smallest absolute Gasteiger partial charge is 0.417 e. The lowest BCUT2D eigenvalue weighted by atomic mass is 9.94. The molecular weight excluding hydrogens is 386 g/mol. The second-order valence-corrected chi connectivity index (χ2v) is 6.80. The van der Waals surface area contributed by atoms with Gasteiger partial charge in [-0.2, -0.15) is 13.2 Å². The average Bonchev–Trinajstić information content (AvgIpc) is 3.07. The zero-order valence-corrected chi connectivity index (χ0v) is 14.8. The molecule has 144 valence electrons. The third-order valence-electron chi connectivity index (χ3n) is 4.72. The summed E-state index contributed by atoms with van der Waals surface area (Å²) >= 11 is 5.70. The Balaban J connectivity index is 2.17. The second kappa shape index (κ2) is 7.48. The Labute approximate surface area is 158 Å². The Bertz CT molecular complexity index is 856. The number of aliphatic carboxylic acids is 1. The Morgan fingerprint density at radius 1 is 1.22 bits per heavy atom. The fourth-order valence-corrected chi connectivity index (χ4v) is 3.76. The highest BCUT2D eigenvalue weighted by Crippen LogP contribution is 2.40. The topological polar surface area (TPSA) is 40.5 Å². The summed E-state index contributed by atoms with van der Waals surface area (Å²) in [5, 5.41) is 9.02. The maximum atomic E-state index is 14.5. The van der Waals surface area contributed by atoms with Gasteiger partial charge in [0.2, 0.25) is 0 Å². The number of benzene rings is 2. The second-order valence-electron chi connectivity index (χ2n) is 6.40. The molecular formula is C19H16ClF4NO2. The van der Waals surface area contributed by atoms with Crippen molar-refractivity contribution < 1.29 is 27.5 Å². The van der Waals surface area contributed by atoms with Gasteiger partial charge < -0.3 is 5.11 Å². The van der Waals surface area contributed by atoms with Crippen LogP contribution in [-0.2, 0) is 11.0 Å². The van der Waals surface area contributed by atoms with Crippen molar-refractivity contribution in [2.24, 2.45) is 0 Å². The van der Waals surface area contributed by atoms with Crippen LogP contribution in [0.5, 0.6) is 0 Å². The number of nitrogens with zero attached hydrogens (tertiary/aromatic N) is 1. The average molecular weight is 402 g/mol. The van der Waals surface area contributed by atoms with Crippen molar-refractivity contribution in [2.75, 3.05) is 6.54 Å². The number of hydrogen-bond donors (Lipinski definition) is 1. The van der Waals surface area contributed by atoms with Crippen LogP contribution in [0.4, 0.5) is 17.6 Å². The Kier molecular flexibility index (Phi) is 5.44. The SMILES string of the molecule is O=C(O)C1CCCN1C(c1ccc(Cl)c(C(F)(F)F)c1)c1ccccc1F. The molecule has 2 aromatic rings. The first-order valence-electron chi connectivity index (χ1n) is 8.29. The van der Waals surface area contributed by atoms with Crippen molar-refractivity contribution in [1.82, 2.24) is 4.90 Å². The Morgan fingerprint density at radius 3 is 2.56 bits per heavy atom. The molecule has 1 aliphatic rings. The summed E-state index contributed by atoms with van der Waals surface area (Å²) in [6.07, 6.45) is -3.77. The minimum Gasteiger partial charge on any atom is -0.480 e. The first-order chi connectivity index (χ1) is 12.7. The molecule has 3 rings (SSSR count). The lowest BCUT2D eigenvalue weighted by molar-refractivity contribution is -0.143. The van der Waals surface area contributed by atoms with Gasteiger partial charge in [0.25, 0.3) is 0 Å². The minimum atomic E-state index is -4.68. The van der Waals surface area contributed by atoms with E-state index in [4.69, 9.17) is 11.6 Å². The van der Waals surface area contributed by atoms with Gasteiger partial charge in [0, 0.05) is 12.1 Å². The van der Waals surface area contributed by atoms with Crippen LogP contribution in [0.2, 0.25) is 5.02 Å². The van der Waals surface area contributed by atoms with Gasteiger partial charge in [-0.25, -0.2) is 4.39 Å². The first-order valence-corrected chi connectivity index (χ1v) is 8.67. The van der Waals surface area contributed by atoms with E-state index in [-0.39, 0.29) is 11.1 Å². The Hall–Kier alpha value is -2.12. The van der Waals surface area contributed by atoms with Gasteiger partial charge in [-0.1, -0.05) is 35.9 Å². The molecule has 0 radical (unpaired) electrons. The molecule has 27 heavy (non-hydrogen) atoms. The normalized spacial score (nSPS) is 19.2. The Morgan fingerprint density at radius 2 is 1.93 bits per heavy atom. The van der Waals surface area contributed by atoms with E-state index in [0.29, 0.717) is 19.4 Å². The minimum absolute atomic E-state index is 0.126. The molecule has 8 heteroatoms. The zero-order valence-electron chi connectivity index (χ0n) is 14.0. The molecule has 1 saturated heterocycles. The molecule has 0 amide bonds. The summed E-state index contributed by atoms with van der Waals surface area (Å²) in [6.45, 7) is 0.333. The van der Waals surface area contributed by atoms with Crippen LogP contribution in [0.1, 0.15) is 35.6 Å². The van der Waals surface area contributed by atoms with E-state index in [1.807, 2.05) is 0 Å². The maximum absolute atomic E-state index is 14.5. The third-order valence-corrected chi connectivity index (χ3v) is 5.05. The summed E-state index contributed by atoms with van der Waals surface area (Å²) < 4.78 is 54.4. The van der Waals surface area contributed by atoms with Crippen molar-refractivity contribution in [1.29, 1.82) is 0 Å². The fraction of sp³-hybridized carbons (Fsp3) is 0.316. The van der Waals surface area contributed by atoms with Crippen molar-refractivity contribution >= 4 is 17.6 Å². The zero-order chi connectivity index (χ0) is 19.8. The maximum Gasteiger partial charge on any atom is 0.417 e.